The van der Waals surface area contributed by atoms with Crippen molar-refractivity contribution in [1.82, 2.24) is 28.9 Å². The van der Waals surface area contributed by atoms with Crippen LogP contribution >= 0.6 is 12.1 Å². The number of anilines is 1. The zero-order valence-electron chi connectivity index (χ0n) is 18.3. The van der Waals surface area contributed by atoms with Gasteiger partial charge in [0.15, 0.2) is 0 Å². The van der Waals surface area contributed by atoms with E-state index in [-0.39, 0.29) is 5.91 Å². The summed E-state index contributed by atoms with van der Waals surface area (Å²) in [6, 6.07) is 8.83. The molecule has 2 fully saturated rings. The van der Waals surface area contributed by atoms with Gasteiger partial charge in [0.05, 0.1) is 5.39 Å². The third-order valence-corrected chi connectivity index (χ3v) is 7.17. The third kappa shape index (κ3) is 4.32. The number of likely N-dealkylation sites (tertiary alicyclic amines) is 1. The van der Waals surface area contributed by atoms with Gasteiger partial charge in [0.25, 0.3) is 0 Å². The number of carbonyl (C=O) groups is 1. The number of carbonyl (C=O) groups excluding carboxylic acids is 1. The van der Waals surface area contributed by atoms with E-state index in [1.165, 1.54) is 58.0 Å². The summed E-state index contributed by atoms with van der Waals surface area (Å²) >= 11 is 1.19. The molecule has 3 heterocycles. The summed E-state index contributed by atoms with van der Waals surface area (Å²) < 4.78 is 8.14. The maximum atomic E-state index is 11.0. The van der Waals surface area contributed by atoms with Crippen LogP contribution in [-0.4, -0.2) is 45.0 Å². The molecule has 4 N–H and O–H groups in total. The van der Waals surface area contributed by atoms with Gasteiger partial charge in [-0.2, -0.15) is 0 Å². The van der Waals surface area contributed by atoms with Crippen LogP contribution in [0.2, 0.25) is 0 Å². The molecule has 2 aliphatic rings. The molecule has 168 valence electrons. The molecule has 5 rings (SSSR count). The number of hydrogen-bond donors (Lipinski definition) is 3. The molecule has 0 spiro atoms. The fourth-order valence-corrected chi connectivity index (χ4v) is 5.14. The molecule has 1 aromatic carbocycles. The molecule has 0 bridgehead atoms. The van der Waals surface area contributed by atoms with Gasteiger partial charge in [0, 0.05) is 49.9 Å². The van der Waals surface area contributed by atoms with Crippen molar-refractivity contribution >= 4 is 34.9 Å². The van der Waals surface area contributed by atoms with Crippen LogP contribution in [0.25, 0.3) is 22.2 Å². The van der Waals surface area contributed by atoms with Gasteiger partial charge in [-0.3, -0.25) is 9.52 Å². The van der Waals surface area contributed by atoms with E-state index < -0.39 is 0 Å². The smallest absolute Gasteiger partial charge is 0.227 e. The fourth-order valence-electron chi connectivity index (χ4n) is 4.69. The molecule has 9 heteroatoms. The average molecular weight is 452 g/mol. The molecule has 0 atom stereocenters. The Hall–Kier alpha value is -2.62. The summed E-state index contributed by atoms with van der Waals surface area (Å²) in [5.74, 6) is 1.21. The number of hydrogen-bond acceptors (Lipinski definition) is 7. The Labute approximate surface area is 192 Å². The quantitative estimate of drug-likeness (QED) is 0.357. The number of nitrogen functional groups attached to an aromatic ring is 1. The minimum atomic E-state index is -0.0809. The van der Waals surface area contributed by atoms with Gasteiger partial charge in [-0.05, 0) is 55.5 Å². The van der Waals surface area contributed by atoms with E-state index in [0.717, 1.165) is 33.6 Å². The van der Waals surface area contributed by atoms with Crippen LogP contribution in [-0.2, 0) is 11.3 Å². The van der Waals surface area contributed by atoms with Crippen LogP contribution in [0.4, 0.5) is 5.82 Å². The number of aromatic nitrogens is 3. The molecule has 1 aliphatic carbocycles. The van der Waals surface area contributed by atoms with Crippen LogP contribution in [0.5, 0.6) is 0 Å². The summed E-state index contributed by atoms with van der Waals surface area (Å²) in [6.07, 6.45) is 7.49. The molecule has 2 aromatic heterocycles. The van der Waals surface area contributed by atoms with Crippen molar-refractivity contribution in [3.8, 4) is 11.1 Å². The zero-order valence-corrected chi connectivity index (χ0v) is 19.1. The van der Waals surface area contributed by atoms with Gasteiger partial charge in [-0.15, -0.1) is 0 Å². The highest BCUT2D eigenvalue weighted by atomic mass is 32.2. The highest BCUT2D eigenvalue weighted by molar-refractivity contribution is 7.96. The summed E-state index contributed by atoms with van der Waals surface area (Å²) in [6.45, 7) is 5.87. The van der Waals surface area contributed by atoms with E-state index in [0.29, 0.717) is 18.4 Å². The normalized spacial score (nSPS) is 20.7. The first-order valence-corrected chi connectivity index (χ1v) is 12.0. The molecule has 1 saturated carbocycles. The predicted molar refractivity (Wildman–Crippen MR) is 128 cm³/mol. The van der Waals surface area contributed by atoms with Gasteiger partial charge in [0.1, 0.15) is 17.8 Å². The SMILES string of the molecule is CC(=O)NSNCc1cccc(-c2cn(C3CC(CN4CCC4)C3)c3ncnc(N)c23)c1. The highest BCUT2D eigenvalue weighted by Crippen LogP contribution is 2.43. The highest BCUT2D eigenvalue weighted by Gasteiger charge is 2.34. The number of amides is 1. The van der Waals surface area contributed by atoms with Crippen LogP contribution in [0, 0.1) is 5.92 Å². The Kier molecular flexibility index (Phi) is 6.03. The molecular weight excluding hydrogens is 422 g/mol. The van der Waals surface area contributed by atoms with Gasteiger partial charge < -0.3 is 15.2 Å². The average Bonchev–Trinajstić information content (AvgIpc) is 3.10. The van der Waals surface area contributed by atoms with Crippen LogP contribution in [0.1, 0.15) is 37.8 Å². The summed E-state index contributed by atoms with van der Waals surface area (Å²) in [5, 5.41) is 0.927. The van der Waals surface area contributed by atoms with Crippen molar-refractivity contribution in [3.63, 3.8) is 0 Å². The van der Waals surface area contributed by atoms with Gasteiger partial charge in [-0.1, -0.05) is 18.2 Å². The van der Waals surface area contributed by atoms with E-state index in [2.05, 4.69) is 53.3 Å². The van der Waals surface area contributed by atoms with Crippen molar-refractivity contribution in [3.05, 3.63) is 42.4 Å². The summed E-state index contributed by atoms with van der Waals surface area (Å²) in [5.41, 5.74) is 10.5. The zero-order chi connectivity index (χ0) is 22.1. The van der Waals surface area contributed by atoms with E-state index >= 15 is 0 Å². The predicted octanol–water partition coefficient (Wildman–Crippen LogP) is 3.13. The number of benzene rings is 1. The number of nitrogens with zero attached hydrogens (tertiary/aromatic N) is 4. The first-order valence-electron chi connectivity index (χ1n) is 11.2. The van der Waals surface area contributed by atoms with Crippen molar-refractivity contribution in [1.29, 1.82) is 0 Å². The third-order valence-electron chi connectivity index (χ3n) is 6.49. The molecule has 1 amide bonds. The Balaban J connectivity index is 1.37. The Morgan fingerprint density at radius 3 is 2.88 bits per heavy atom. The first kappa shape index (κ1) is 21.2. The minimum absolute atomic E-state index is 0.0809. The molecule has 32 heavy (non-hydrogen) atoms. The van der Waals surface area contributed by atoms with E-state index in [9.17, 15) is 4.79 Å². The lowest BCUT2D eigenvalue weighted by Crippen LogP contribution is -2.43. The standard InChI is InChI=1S/C23H29N7OS/c1-15(31)28-32-27-11-16-4-2-5-18(8-16)20-13-30(23-21(20)22(24)25-14-26-23)19-9-17(10-19)12-29-6-3-7-29/h2,4-5,8,13-14,17,19,27H,3,6-7,9-12H2,1H3,(H,28,31)(H2,24,25,26). The van der Waals surface area contributed by atoms with E-state index in [1.807, 2.05) is 6.07 Å². The topological polar surface area (TPSA) is 101 Å². The van der Waals surface area contributed by atoms with Gasteiger partial charge in [0.2, 0.25) is 5.91 Å². The Morgan fingerprint density at radius 2 is 2.12 bits per heavy atom. The van der Waals surface area contributed by atoms with E-state index in [4.69, 9.17) is 5.73 Å². The Morgan fingerprint density at radius 1 is 1.28 bits per heavy atom. The number of rotatable bonds is 8. The van der Waals surface area contributed by atoms with Crippen molar-refractivity contribution < 1.29 is 4.79 Å². The van der Waals surface area contributed by atoms with Gasteiger partial charge >= 0.3 is 0 Å². The number of fused-ring (bicyclic) bond motifs is 1. The molecular formula is C23H29N7OS. The first-order chi connectivity index (χ1) is 15.6. The minimum Gasteiger partial charge on any atom is -0.383 e. The largest absolute Gasteiger partial charge is 0.383 e. The van der Waals surface area contributed by atoms with Gasteiger partial charge in [-0.25, -0.2) is 14.7 Å². The molecule has 8 nitrogen and oxygen atoms in total. The second-order valence-electron chi connectivity index (χ2n) is 8.83. The molecule has 0 unspecified atom stereocenters. The second-order valence-corrected chi connectivity index (χ2v) is 9.53. The maximum Gasteiger partial charge on any atom is 0.227 e. The van der Waals surface area contributed by atoms with Crippen LogP contribution in [0.3, 0.4) is 0 Å². The molecule has 3 aromatic rings. The summed E-state index contributed by atoms with van der Waals surface area (Å²) in [7, 11) is 0. The number of nitrogens with two attached hydrogens (primary N) is 1. The van der Waals surface area contributed by atoms with Crippen LogP contribution in [0.15, 0.2) is 36.8 Å². The van der Waals surface area contributed by atoms with Crippen molar-refractivity contribution in [2.75, 3.05) is 25.4 Å². The second kappa shape index (κ2) is 9.09. The fraction of sp³-hybridized carbons (Fsp3) is 0.435. The lowest BCUT2D eigenvalue weighted by molar-refractivity contribution is -0.117. The lowest BCUT2D eigenvalue weighted by Gasteiger charge is -2.42. The molecule has 1 aliphatic heterocycles. The summed E-state index contributed by atoms with van der Waals surface area (Å²) in [4.78, 5) is 22.5. The van der Waals surface area contributed by atoms with Crippen molar-refractivity contribution in [2.45, 2.75) is 38.8 Å². The lowest BCUT2D eigenvalue weighted by atomic mass is 9.79. The molecule has 0 radical (unpaired) electrons. The molecule has 1 saturated heterocycles. The van der Waals surface area contributed by atoms with E-state index in [1.54, 1.807) is 6.33 Å². The Bertz CT molecular complexity index is 1120. The van der Waals surface area contributed by atoms with Crippen LogP contribution < -0.4 is 15.2 Å². The van der Waals surface area contributed by atoms with Crippen molar-refractivity contribution in [2.24, 2.45) is 5.92 Å². The maximum absolute atomic E-state index is 11.0. The monoisotopic (exact) mass is 451 g/mol. The number of nitrogens with one attached hydrogen (secondary N) is 2.